The maximum absolute atomic E-state index is 13.4. The number of carbonyl (C=O) groups excluding carboxylic acids is 3. The number of anilines is 1. The van der Waals surface area contributed by atoms with Crippen LogP contribution in [0.25, 0.3) is 0 Å². The monoisotopic (exact) mass is 446 g/mol. The van der Waals surface area contributed by atoms with Crippen molar-refractivity contribution < 1.29 is 19.1 Å². The first-order valence-electron chi connectivity index (χ1n) is 11.0. The first-order valence-corrected chi connectivity index (χ1v) is 12.4. The van der Waals surface area contributed by atoms with E-state index in [1.807, 2.05) is 24.5 Å². The van der Waals surface area contributed by atoms with Crippen LogP contribution >= 0.6 is 11.8 Å². The molecule has 1 aromatic carbocycles. The topological polar surface area (TPSA) is 75.7 Å². The largest absolute Gasteiger partial charge is 0.495 e. The minimum absolute atomic E-state index is 0.0966. The Morgan fingerprint density at radius 2 is 1.81 bits per heavy atom. The van der Waals surface area contributed by atoms with E-state index in [2.05, 4.69) is 26.1 Å². The van der Waals surface area contributed by atoms with Crippen molar-refractivity contribution in [2.75, 3.05) is 24.4 Å². The van der Waals surface area contributed by atoms with Crippen LogP contribution in [0, 0.1) is 11.8 Å². The summed E-state index contributed by atoms with van der Waals surface area (Å²) in [6.45, 7) is 6.31. The third kappa shape index (κ3) is 4.92. The Balaban J connectivity index is 1.89. The second-order valence-corrected chi connectivity index (χ2v) is 10.5. The smallest absolute Gasteiger partial charge is 0.247 e. The first-order chi connectivity index (χ1) is 14.7. The van der Waals surface area contributed by atoms with Gasteiger partial charge in [0.1, 0.15) is 11.8 Å². The summed E-state index contributed by atoms with van der Waals surface area (Å²) < 4.78 is 5.45. The lowest BCUT2D eigenvalue weighted by Crippen LogP contribution is -2.48. The molecule has 1 aliphatic carbocycles. The number of amides is 3. The maximum Gasteiger partial charge on any atom is 0.247 e. The molecule has 0 unspecified atom stereocenters. The third-order valence-corrected chi connectivity index (χ3v) is 7.05. The molecule has 1 heterocycles. The lowest BCUT2D eigenvalue weighted by Gasteiger charge is -2.27. The summed E-state index contributed by atoms with van der Waals surface area (Å²) >= 11 is 1.60. The van der Waals surface area contributed by atoms with E-state index in [0.717, 1.165) is 31.2 Å². The summed E-state index contributed by atoms with van der Waals surface area (Å²) in [6.07, 6.45) is 5.80. The van der Waals surface area contributed by atoms with Crippen molar-refractivity contribution in [3.63, 3.8) is 0 Å². The minimum atomic E-state index is -0.805. The average molecular weight is 447 g/mol. The summed E-state index contributed by atoms with van der Waals surface area (Å²) in [5.41, 5.74) is 1.52. The van der Waals surface area contributed by atoms with Crippen LogP contribution in [0.4, 0.5) is 5.69 Å². The number of fused-ring (bicyclic) bond motifs is 1. The van der Waals surface area contributed by atoms with Crippen molar-refractivity contribution >= 4 is 35.2 Å². The molecule has 0 bridgehead atoms. The zero-order valence-electron chi connectivity index (χ0n) is 19.2. The van der Waals surface area contributed by atoms with Gasteiger partial charge in [0.15, 0.2) is 0 Å². The maximum atomic E-state index is 13.4. The van der Waals surface area contributed by atoms with Gasteiger partial charge in [-0.15, -0.1) is 0 Å². The van der Waals surface area contributed by atoms with E-state index in [9.17, 15) is 14.4 Å². The molecule has 2 fully saturated rings. The molecule has 3 rings (SSSR count). The summed E-state index contributed by atoms with van der Waals surface area (Å²) in [4.78, 5) is 40.9. The molecule has 7 heteroatoms. The number of nitrogens with zero attached hydrogens (tertiary/aromatic N) is 1. The molecule has 1 saturated heterocycles. The van der Waals surface area contributed by atoms with Gasteiger partial charge in [0.25, 0.3) is 0 Å². The summed E-state index contributed by atoms with van der Waals surface area (Å²) in [6, 6.07) is 4.93. The predicted molar refractivity (Wildman–Crippen MR) is 124 cm³/mol. The Bertz CT molecular complexity index is 824. The summed E-state index contributed by atoms with van der Waals surface area (Å²) in [5.74, 6) is 0.0345. The molecule has 31 heavy (non-hydrogen) atoms. The molecular weight excluding hydrogens is 412 g/mol. The molecule has 1 saturated carbocycles. The normalized spacial score (nSPS) is 22.3. The number of hydrogen-bond acceptors (Lipinski definition) is 5. The van der Waals surface area contributed by atoms with Crippen LogP contribution in [0.15, 0.2) is 18.2 Å². The molecule has 0 radical (unpaired) electrons. The highest BCUT2D eigenvalue weighted by Gasteiger charge is 2.51. The van der Waals surface area contributed by atoms with Gasteiger partial charge in [0, 0.05) is 0 Å². The lowest BCUT2D eigenvalue weighted by molar-refractivity contribution is -0.146. The van der Waals surface area contributed by atoms with Gasteiger partial charge in [-0.1, -0.05) is 39.7 Å². The van der Waals surface area contributed by atoms with E-state index in [1.165, 1.54) is 4.90 Å². The number of carbonyl (C=O) groups is 3. The highest BCUT2D eigenvalue weighted by molar-refractivity contribution is 7.98. The number of ether oxygens (including phenoxy) is 1. The molecule has 0 aromatic heterocycles. The molecule has 0 spiro atoms. The van der Waals surface area contributed by atoms with Crippen molar-refractivity contribution in [2.45, 2.75) is 64.3 Å². The fourth-order valence-electron chi connectivity index (χ4n) is 4.59. The van der Waals surface area contributed by atoms with Crippen LogP contribution in [-0.4, -0.2) is 47.8 Å². The fraction of sp³-hybridized carbons (Fsp3) is 0.625. The van der Waals surface area contributed by atoms with E-state index >= 15 is 0 Å². The van der Waals surface area contributed by atoms with Gasteiger partial charge in [-0.3, -0.25) is 19.3 Å². The molecule has 170 valence electrons. The average Bonchev–Trinajstić information content (AvgIpc) is 2.99. The molecule has 3 atom stereocenters. The zero-order chi connectivity index (χ0) is 22.8. The van der Waals surface area contributed by atoms with Gasteiger partial charge < -0.3 is 10.1 Å². The van der Waals surface area contributed by atoms with E-state index in [1.54, 1.807) is 18.9 Å². The number of rotatable bonds is 7. The highest BCUT2D eigenvalue weighted by atomic mass is 32.2. The molecule has 6 nitrogen and oxygen atoms in total. The minimum Gasteiger partial charge on any atom is -0.495 e. The Kier molecular flexibility index (Phi) is 7.35. The summed E-state index contributed by atoms with van der Waals surface area (Å²) in [5, 5.41) is 2.96. The second-order valence-electron chi connectivity index (χ2n) is 9.50. The number of likely N-dealkylation sites (tertiary alicyclic amines) is 1. The Hall–Kier alpha value is -2.02. The standard InChI is InChI=1S/C24H34N2O4S/c1-24(2,3)15-10-11-20(30-4)18(14-15)25-21(27)19(12-13-31-5)26-22(28)16-8-6-7-9-17(16)23(26)29/h10-11,14,16-17,19H,6-9,12-13H2,1-5H3,(H,25,27)/t16-,17-,19-/m0/s1. The zero-order valence-corrected chi connectivity index (χ0v) is 20.0. The van der Waals surface area contributed by atoms with E-state index < -0.39 is 6.04 Å². The Labute approximate surface area is 189 Å². The van der Waals surface area contributed by atoms with Gasteiger partial charge in [0.05, 0.1) is 24.6 Å². The van der Waals surface area contributed by atoms with E-state index in [-0.39, 0.29) is 35.0 Å². The molecule has 2 aliphatic rings. The second kappa shape index (κ2) is 9.63. The number of thioether (sulfide) groups is 1. The molecule has 3 amide bonds. The van der Waals surface area contributed by atoms with Crippen LogP contribution in [0.3, 0.4) is 0 Å². The van der Waals surface area contributed by atoms with Crippen molar-refractivity contribution in [1.29, 1.82) is 0 Å². The first kappa shape index (κ1) is 23.6. The third-order valence-electron chi connectivity index (χ3n) is 6.41. The fourth-order valence-corrected chi connectivity index (χ4v) is 5.05. The van der Waals surface area contributed by atoms with E-state index in [4.69, 9.17) is 4.74 Å². The van der Waals surface area contributed by atoms with Crippen molar-refractivity contribution in [1.82, 2.24) is 4.90 Å². The lowest BCUT2D eigenvalue weighted by atomic mass is 9.81. The van der Waals surface area contributed by atoms with Crippen LogP contribution in [0.2, 0.25) is 0 Å². The molecule has 1 aliphatic heterocycles. The van der Waals surface area contributed by atoms with Gasteiger partial charge >= 0.3 is 0 Å². The molecule has 1 N–H and O–H groups in total. The summed E-state index contributed by atoms with van der Waals surface area (Å²) in [7, 11) is 1.56. The molecular formula is C24H34N2O4S. The van der Waals surface area contributed by atoms with Crippen LogP contribution in [0.1, 0.15) is 58.4 Å². The van der Waals surface area contributed by atoms with Crippen LogP contribution in [0.5, 0.6) is 5.75 Å². The highest BCUT2D eigenvalue weighted by Crippen LogP contribution is 2.40. The number of hydrogen-bond donors (Lipinski definition) is 1. The van der Waals surface area contributed by atoms with Crippen molar-refractivity contribution in [3.8, 4) is 5.75 Å². The van der Waals surface area contributed by atoms with Gasteiger partial charge in [0.2, 0.25) is 17.7 Å². The number of methoxy groups -OCH3 is 1. The van der Waals surface area contributed by atoms with Crippen LogP contribution in [-0.2, 0) is 19.8 Å². The van der Waals surface area contributed by atoms with Crippen LogP contribution < -0.4 is 10.1 Å². The number of benzene rings is 1. The number of nitrogens with one attached hydrogen (secondary N) is 1. The number of imide groups is 1. The quantitative estimate of drug-likeness (QED) is 0.635. The van der Waals surface area contributed by atoms with Gasteiger partial charge in [-0.05, 0) is 54.4 Å². The Morgan fingerprint density at radius 1 is 1.19 bits per heavy atom. The van der Waals surface area contributed by atoms with Gasteiger partial charge in [-0.2, -0.15) is 11.8 Å². The van der Waals surface area contributed by atoms with Crippen molar-refractivity contribution in [3.05, 3.63) is 23.8 Å². The Morgan fingerprint density at radius 3 is 2.32 bits per heavy atom. The van der Waals surface area contributed by atoms with Gasteiger partial charge in [-0.25, -0.2) is 0 Å². The predicted octanol–water partition coefficient (Wildman–Crippen LogP) is 4.23. The SMILES string of the molecule is COc1ccc(C(C)(C)C)cc1NC(=O)[C@H](CCSC)N1C(=O)[C@H]2CCCC[C@@H]2C1=O. The molecule has 1 aromatic rings. The van der Waals surface area contributed by atoms with Crippen molar-refractivity contribution in [2.24, 2.45) is 11.8 Å². The van der Waals surface area contributed by atoms with E-state index in [0.29, 0.717) is 23.6 Å².